The van der Waals surface area contributed by atoms with Gasteiger partial charge in [0.25, 0.3) is 0 Å². The number of rotatable bonds is 4. The smallest absolute Gasteiger partial charge is 0.122 e. The molecular weight excluding hydrogens is 258 g/mol. The summed E-state index contributed by atoms with van der Waals surface area (Å²) in [4.78, 5) is 8.47. The third-order valence-electron chi connectivity index (χ3n) is 4.07. The Bertz CT molecular complexity index is 403. The molecule has 0 aromatic carbocycles. The summed E-state index contributed by atoms with van der Waals surface area (Å²) in [7, 11) is 2.07. The molecule has 0 aliphatic carbocycles. The summed E-state index contributed by atoms with van der Waals surface area (Å²) in [5, 5.41) is 4.57. The van der Waals surface area contributed by atoms with Gasteiger partial charge in [-0.05, 0) is 39.3 Å². The summed E-state index contributed by atoms with van der Waals surface area (Å²) in [6.45, 7) is 4.31. The van der Waals surface area contributed by atoms with Crippen LogP contribution in [0.4, 0.5) is 0 Å². The number of hydrogen-bond donors (Lipinski definition) is 1. The molecule has 19 heavy (non-hydrogen) atoms. The van der Waals surface area contributed by atoms with Crippen molar-refractivity contribution < 1.29 is 4.74 Å². The molecule has 2 atom stereocenters. The van der Waals surface area contributed by atoms with Gasteiger partial charge in [0.1, 0.15) is 11.1 Å². The third kappa shape index (κ3) is 3.34. The van der Waals surface area contributed by atoms with Crippen LogP contribution in [-0.2, 0) is 11.3 Å². The predicted molar refractivity (Wildman–Crippen MR) is 77.4 cm³/mol. The van der Waals surface area contributed by atoms with E-state index >= 15 is 0 Å². The molecule has 3 rings (SSSR count). The Labute approximate surface area is 119 Å². The molecule has 3 heterocycles. The van der Waals surface area contributed by atoms with Gasteiger partial charge < -0.3 is 10.1 Å². The Morgan fingerprint density at radius 1 is 1.47 bits per heavy atom. The average molecular weight is 281 g/mol. The van der Waals surface area contributed by atoms with Crippen LogP contribution in [-0.4, -0.2) is 42.7 Å². The molecule has 106 valence electrons. The second-order valence-corrected chi connectivity index (χ2v) is 6.68. The molecule has 2 unspecified atom stereocenters. The van der Waals surface area contributed by atoms with Crippen LogP contribution in [0.2, 0.25) is 0 Å². The molecule has 4 nitrogen and oxygen atoms in total. The van der Waals surface area contributed by atoms with Gasteiger partial charge in [-0.25, -0.2) is 4.98 Å². The molecule has 5 heteroatoms. The van der Waals surface area contributed by atoms with Crippen LogP contribution in [0.1, 0.15) is 41.7 Å². The van der Waals surface area contributed by atoms with E-state index in [2.05, 4.69) is 22.2 Å². The summed E-state index contributed by atoms with van der Waals surface area (Å²) in [6, 6.07) is 0.652. The van der Waals surface area contributed by atoms with Crippen LogP contribution in [0.15, 0.2) is 6.20 Å². The summed E-state index contributed by atoms with van der Waals surface area (Å²) >= 11 is 1.83. The molecule has 0 bridgehead atoms. The lowest BCUT2D eigenvalue weighted by atomic mass is 10.1. The van der Waals surface area contributed by atoms with Crippen molar-refractivity contribution in [3.63, 3.8) is 0 Å². The largest absolute Gasteiger partial charge is 0.371 e. The maximum absolute atomic E-state index is 5.70. The molecular formula is C14H23N3OS. The van der Waals surface area contributed by atoms with E-state index in [0.717, 1.165) is 26.1 Å². The lowest BCUT2D eigenvalue weighted by Crippen LogP contribution is -2.43. The monoisotopic (exact) mass is 281 g/mol. The van der Waals surface area contributed by atoms with E-state index in [1.54, 1.807) is 0 Å². The highest BCUT2D eigenvalue weighted by Crippen LogP contribution is 2.31. The molecule has 0 radical (unpaired) electrons. The van der Waals surface area contributed by atoms with Gasteiger partial charge in [-0.3, -0.25) is 4.90 Å². The van der Waals surface area contributed by atoms with Crippen LogP contribution in [0, 0.1) is 0 Å². The number of hydrogen-bond acceptors (Lipinski definition) is 5. The normalized spacial score (nSPS) is 28.9. The molecule has 0 amide bonds. The highest BCUT2D eigenvalue weighted by Gasteiger charge is 2.22. The van der Waals surface area contributed by atoms with Crippen LogP contribution in [0.3, 0.4) is 0 Å². The number of likely N-dealkylation sites (N-methyl/N-ethyl adjacent to an activating group) is 1. The molecule has 0 saturated carbocycles. The quantitative estimate of drug-likeness (QED) is 0.918. The minimum atomic E-state index is 0.269. The lowest BCUT2D eigenvalue weighted by Gasteiger charge is -2.32. The SMILES string of the molecule is CNC1CCCN(Cc2cnc(C3CCCO3)s2)C1. The van der Waals surface area contributed by atoms with Gasteiger partial charge in [0.2, 0.25) is 0 Å². The van der Waals surface area contributed by atoms with Crippen LogP contribution < -0.4 is 5.32 Å². The highest BCUT2D eigenvalue weighted by molar-refractivity contribution is 7.11. The number of likely N-dealkylation sites (tertiary alicyclic amines) is 1. The van der Waals surface area contributed by atoms with Gasteiger partial charge in [-0.2, -0.15) is 0 Å². The van der Waals surface area contributed by atoms with Gasteiger partial charge in [0.05, 0.1) is 0 Å². The van der Waals surface area contributed by atoms with Crippen LogP contribution in [0.5, 0.6) is 0 Å². The van der Waals surface area contributed by atoms with Gasteiger partial charge >= 0.3 is 0 Å². The fourth-order valence-electron chi connectivity index (χ4n) is 2.97. The first-order valence-corrected chi connectivity index (χ1v) is 8.12. The maximum Gasteiger partial charge on any atom is 0.122 e. The Balaban J connectivity index is 1.57. The van der Waals surface area contributed by atoms with Crippen LogP contribution in [0.25, 0.3) is 0 Å². The van der Waals surface area contributed by atoms with Crippen molar-refractivity contribution in [2.75, 3.05) is 26.7 Å². The number of aromatic nitrogens is 1. The van der Waals surface area contributed by atoms with E-state index in [0.29, 0.717) is 6.04 Å². The second-order valence-electron chi connectivity index (χ2n) is 5.53. The van der Waals surface area contributed by atoms with Gasteiger partial charge in [-0.1, -0.05) is 0 Å². The molecule has 1 aromatic heterocycles. The Hall–Kier alpha value is -0.490. The fraction of sp³-hybridized carbons (Fsp3) is 0.786. The van der Waals surface area contributed by atoms with Crippen molar-refractivity contribution in [2.24, 2.45) is 0 Å². The van der Waals surface area contributed by atoms with Crippen LogP contribution >= 0.6 is 11.3 Å². The Morgan fingerprint density at radius 2 is 2.42 bits per heavy atom. The Morgan fingerprint density at radius 3 is 3.21 bits per heavy atom. The number of nitrogens with zero attached hydrogens (tertiary/aromatic N) is 2. The van der Waals surface area contributed by atoms with Crippen molar-refractivity contribution in [3.8, 4) is 0 Å². The summed E-state index contributed by atoms with van der Waals surface area (Å²) in [5.74, 6) is 0. The number of nitrogens with one attached hydrogen (secondary N) is 1. The number of piperidine rings is 1. The number of ether oxygens (including phenoxy) is 1. The molecule has 2 aliphatic rings. The van der Waals surface area contributed by atoms with Crippen molar-refractivity contribution in [1.29, 1.82) is 0 Å². The van der Waals surface area contributed by atoms with E-state index in [4.69, 9.17) is 4.74 Å². The van der Waals surface area contributed by atoms with Crippen molar-refractivity contribution in [2.45, 2.75) is 44.4 Å². The minimum absolute atomic E-state index is 0.269. The van der Waals surface area contributed by atoms with Crippen molar-refractivity contribution in [3.05, 3.63) is 16.1 Å². The molecule has 2 aliphatic heterocycles. The van der Waals surface area contributed by atoms with Gasteiger partial charge in [0.15, 0.2) is 0 Å². The van der Waals surface area contributed by atoms with E-state index in [9.17, 15) is 0 Å². The summed E-state index contributed by atoms with van der Waals surface area (Å²) in [6.07, 6.45) is 7.23. The first kappa shape index (κ1) is 13.5. The van der Waals surface area contributed by atoms with Gasteiger partial charge in [0, 0.05) is 36.8 Å². The molecule has 2 fully saturated rings. The maximum atomic E-state index is 5.70. The Kier molecular flexibility index (Phi) is 4.48. The fourth-order valence-corrected chi connectivity index (χ4v) is 4.02. The van der Waals surface area contributed by atoms with Gasteiger partial charge in [-0.15, -0.1) is 11.3 Å². The van der Waals surface area contributed by atoms with Crippen molar-refractivity contribution in [1.82, 2.24) is 15.2 Å². The highest BCUT2D eigenvalue weighted by atomic mass is 32.1. The third-order valence-corrected chi connectivity index (χ3v) is 5.14. The van der Waals surface area contributed by atoms with E-state index in [1.165, 1.54) is 35.7 Å². The average Bonchev–Trinajstić information content (AvgIpc) is 3.09. The summed E-state index contributed by atoms with van der Waals surface area (Å²) in [5.41, 5.74) is 0. The zero-order valence-corrected chi connectivity index (χ0v) is 12.4. The van der Waals surface area contributed by atoms with E-state index in [1.807, 2.05) is 17.5 Å². The first-order chi connectivity index (χ1) is 9.35. The molecule has 0 spiro atoms. The van der Waals surface area contributed by atoms with Crippen molar-refractivity contribution >= 4 is 11.3 Å². The summed E-state index contributed by atoms with van der Waals surface area (Å²) < 4.78 is 5.70. The molecule has 2 saturated heterocycles. The second kappa shape index (κ2) is 6.31. The lowest BCUT2D eigenvalue weighted by molar-refractivity contribution is 0.111. The zero-order valence-electron chi connectivity index (χ0n) is 11.6. The van der Waals surface area contributed by atoms with E-state index in [-0.39, 0.29) is 6.10 Å². The standard InChI is InChI=1S/C14H23N3OS/c1-15-11-4-2-6-17(9-11)10-12-8-16-14(19-12)13-5-3-7-18-13/h8,11,13,15H,2-7,9-10H2,1H3. The zero-order chi connectivity index (χ0) is 13.1. The first-order valence-electron chi connectivity index (χ1n) is 7.31. The minimum Gasteiger partial charge on any atom is -0.371 e. The molecule has 1 N–H and O–H groups in total. The predicted octanol–water partition coefficient (Wildman–Crippen LogP) is 2.18. The number of thiazole rings is 1. The van der Waals surface area contributed by atoms with E-state index < -0.39 is 0 Å². The molecule has 1 aromatic rings. The topological polar surface area (TPSA) is 37.4 Å².